The second-order valence-electron chi connectivity index (χ2n) is 5.53. The minimum absolute atomic E-state index is 0.522. The van der Waals surface area contributed by atoms with Crippen molar-refractivity contribution >= 4 is 11.3 Å². The number of rotatable bonds is 5. The van der Waals surface area contributed by atoms with E-state index in [2.05, 4.69) is 25.3 Å². The van der Waals surface area contributed by atoms with Crippen LogP contribution in [0.2, 0.25) is 0 Å². The number of hydrogen-bond acceptors (Lipinski definition) is 7. The third kappa shape index (κ3) is 4.09. The Morgan fingerprint density at radius 1 is 1.48 bits per heavy atom. The molecule has 3 heterocycles. The summed E-state index contributed by atoms with van der Waals surface area (Å²) in [4.78, 5) is 12.3. The Morgan fingerprint density at radius 3 is 3.10 bits per heavy atom. The molecule has 1 aliphatic heterocycles. The molecular weight excluding hydrogens is 286 g/mol. The zero-order valence-corrected chi connectivity index (χ0v) is 13.3. The molecule has 1 saturated heterocycles. The Kier molecular flexibility index (Phi) is 4.62. The molecule has 0 saturated carbocycles. The van der Waals surface area contributed by atoms with Gasteiger partial charge < -0.3 is 9.84 Å². The second kappa shape index (κ2) is 6.64. The first-order valence-electron chi connectivity index (χ1n) is 7.35. The molecule has 0 unspecified atom stereocenters. The van der Waals surface area contributed by atoms with E-state index in [9.17, 15) is 0 Å². The highest BCUT2D eigenvalue weighted by Gasteiger charge is 2.21. The first-order valence-corrected chi connectivity index (χ1v) is 8.17. The number of hydrogen-bond donors (Lipinski definition) is 1. The fourth-order valence-electron chi connectivity index (χ4n) is 2.70. The van der Waals surface area contributed by atoms with Crippen LogP contribution in [0.1, 0.15) is 34.4 Å². The van der Waals surface area contributed by atoms with Gasteiger partial charge in [0.2, 0.25) is 5.89 Å². The number of nitrogens with one attached hydrogen (secondary N) is 1. The molecular formula is C14H21N5OS. The molecule has 0 aromatic carbocycles. The predicted molar refractivity (Wildman–Crippen MR) is 81.0 cm³/mol. The van der Waals surface area contributed by atoms with Crippen LogP contribution in [0.4, 0.5) is 0 Å². The standard InChI is InChI=1S/C14H21N5OS/c1-10-17-14(18-20-10)9-19-5-3-4-12(8-19)16-7-13-6-15-11(2)21-13/h6,12,16H,3-5,7-9H2,1-2H3/t12-/m0/s1. The molecule has 3 rings (SSSR count). The quantitative estimate of drug-likeness (QED) is 0.910. The van der Waals surface area contributed by atoms with E-state index in [0.717, 1.165) is 37.0 Å². The van der Waals surface area contributed by atoms with E-state index >= 15 is 0 Å². The summed E-state index contributed by atoms with van der Waals surface area (Å²) >= 11 is 1.76. The van der Waals surface area contributed by atoms with Crippen molar-refractivity contribution < 1.29 is 4.52 Å². The highest BCUT2D eigenvalue weighted by molar-refractivity contribution is 7.11. The zero-order chi connectivity index (χ0) is 14.7. The van der Waals surface area contributed by atoms with Crippen LogP contribution >= 0.6 is 11.3 Å². The summed E-state index contributed by atoms with van der Waals surface area (Å²) < 4.78 is 5.03. The van der Waals surface area contributed by atoms with Gasteiger partial charge in [-0.15, -0.1) is 11.3 Å². The third-order valence-corrected chi connectivity index (χ3v) is 4.59. The van der Waals surface area contributed by atoms with Crippen molar-refractivity contribution in [3.63, 3.8) is 0 Å². The van der Waals surface area contributed by atoms with Gasteiger partial charge in [0.1, 0.15) is 0 Å². The van der Waals surface area contributed by atoms with Gasteiger partial charge in [-0.2, -0.15) is 4.98 Å². The van der Waals surface area contributed by atoms with E-state index in [4.69, 9.17) is 4.52 Å². The number of nitrogens with zero attached hydrogens (tertiary/aromatic N) is 4. The van der Waals surface area contributed by atoms with Crippen LogP contribution in [0.5, 0.6) is 0 Å². The molecule has 0 spiro atoms. The van der Waals surface area contributed by atoms with E-state index < -0.39 is 0 Å². The molecule has 6 nitrogen and oxygen atoms in total. The summed E-state index contributed by atoms with van der Waals surface area (Å²) in [6, 6.07) is 0.522. The van der Waals surface area contributed by atoms with Crippen molar-refractivity contribution in [2.75, 3.05) is 13.1 Å². The lowest BCUT2D eigenvalue weighted by atomic mass is 10.1. The van der Waals surface area contributed by atoms with Gasteiger partial charge in [-0.25, -0.2) is 4.98 Å². The minimum Gasteiger partial charge on any atom is -0.340 e. The fraction of sp³-hybridized carbons (Fsp3) is 0.643. The van der Waals surface area contributed by atoms with E-state index in [1.807, 2.05) is 20.0 Å². The number of piperidine rings is 1. The summed E-state index contributed by atoms with van der Waals surface area (Å²) in [5.41, 5.74) is 0. The van der Waals surface area contributed by atoms with Crippen molar-refractivity contribution in [1.82, 2.24) is 25.3 Å². The lowest BCUT2D eigenvalue weighted by Crippen LogP contribution is -2.45. The Morgan fingerprint density at radius 2 is 2.38 bits per heavy atom. The van der Waals surface area contributed by atoms with Crippen molar-refractivity contribution in [3.8, 4) is 0 Å². The van der Waals surface area contributed by atoms with Crippen molar-refractivity contribution in [1.29, 1.82) is 0 Å². The second-order valence-corrected chi connectivity index (χ2v) is 6.85. The average molecular weight is 307 g/mol. The van der Waals surface area contributed by atoms with Gasteiger partial charge in [0.25, 0.3) is 0 Å². The molecule has 1 aliphatic rings. The Balaban J connectivity index is 1.48. The van der Waals surface area contributed by atoms with E-state index in [1.165, 1.54) is 17.7 Å². The van der Waals surface area contributed by atoms with E-state index in [1.54, 1.807) is 11.3 Å². The van der Waals surface area contributed by atoms with Gasteiger partial charge in [-0.3, -0.25) is 4.90 Å². The number of aromatic nitrogens is 3. The smallest absolute Gasteiger partial charge is 0.223 e. The zero-order valence-electron chi connectivity index (χ0n) is 12.5. The maximum Gasteiger partial charge on any atom is 0.223 e. The van der Waals surface area contributed by atoms with Crippen LogP contribution < -0.4 is 5.32 Å². The van der Waals surface area contributed by atoms with Gasteiger partial charge in [-0.1, -0.05) is 5.16 Å². The van der Waals surface area contributed by atoms with Crippen molar-refractivity contribution in [3.05, 3.63) is 27.8 Å². The maximum absolute atomic E-state index is 5.03. The molecule has 0 bridgehead atoms. The summed E-state index contributed by atoms with van der Waals surface area (Å²) in [5.74, 6) is 1.42. The van der Waals surface area contributed by atoms with Crippen LogP contribution in [0.3, 0.4) is 0 Å². The summed E-state index contributed by atoms with van der Waals surface area (Å²) in [6.07, 6.45) is 4.39. The highest BCUT2D eigenvalue weighted by Crippen LogP contribution is 2.15. The van der Waals surface area contributed by atoms with Gasteiger partial charge in [-0.05, 0) is 26.3 Å². The lowest BCUT2D eigenvalue weighted by molar-refractivity contribution is 0.177. The molecule has 1 fully saturated rings. The highest BCUT2D eigenvalue weighted by atomic mass is 32.1. The summed E-state index contributed by atoms with van der Waals surface area (Å²) in [5, 5.41) is 8.74. The summed E-state index contributed by atoms with van der Waals surface area (Å²) in [6.45, 7) is 7.69. The van der Waals surface area contributed by atoms with Gasteiger partial charge in [0, 0.05) is 37.1 Å². The molecule has 0 amide bonds. The topological polar surface area (TPSA) is 67.1 Å². The molecule has 21 heavy (non-hydrogen) atoms. The molecule has 7 heteroatoms. The van der Waals surface area contributed by atoms with Gasteiger partial charge in [0.05, 0.1) is 11.6 Å². The Labute approximate surface area is 128 Å². The molecule has 1 N–H and O–H groups in total. The van der Waals surface area contributed by atoms with Crippen LogP contribution in [-0.2, 0) is 13.1 Å². The predicted octanol–water partition coefficient (Wildman–Crippen LogP) is 1.90. The minimum atomic E-state index is 0.522. The normalized spacial score (nSPS) is 20.0. The largest absolute Gasteiger partial charge is 0.340 e. The molecule has 1 atom stereocenters. The fourth-order valence-corrected chi connectivity index (χ4v) is 3.45. The first kappa shape index (κ1) is 14.6. The van der Waals surface area contributed by atoms with E-state index in [-0.39, 0.29) is 0 Å². The number of aryl methyl sites for hydroxylation is 2. The SMILES string of the molecule is Cc1nc(CN2CCC[C@H](NCc3cnc(C)s3)C2)no1. The monoisotopic (exact) mass is 307 g/mol. The Hall–Kier alpha value is -1.31. The molecule has 0 radical (unpaired) electrons. The van der Waals surface area contributed by atoms with Crippen LogP contribution in [-0.4, -0.2) is 39.2 Å². The first-order chi connectivity index (χ1) is 10.2. The molecule has 2 aromatic rings. The molecule has 114 valence electrons. The molecule has 2 aromatic heterocycles. The van der Waals surface area contributed by atoms with Crippen molar-refractivity contribution in [2.24, 2.45) is 0 Å². The van der Waals surface area contributed by atoms with Crippen LogP contribution in [0, 0.1) is 13.8 Å². The number of thiazole rings is 1. The molecule has 0 aliphatic carbocycles. The average Bonchev–Trinajstić information content (AvgIpc) is 3.06. The Bertz CT molecular complexity index is 581. The van der Waals surface area contributed by atoms with Gasteiger partial charge in [0.15, 0.2) is 5.82 Å². The van der Waals surface area contributed by atoms with Crippen LogP contribution in [0.25, 0.3) is 0 Å². The lowest BCUT2D eigenvalue weighted by Gasteiger charge is -2.32. The van der Waals surface area contributed by atoms with Crippen molar-refractivity contribution in [2.45, 2.75) is 45.8 Å². The maximum atomic E-state index is 5.03. The third-order valence-electron chi connectivity index (χ3n) is 3.67. The van der Waals surface area contributed by atoms with Crippen LogP contribution in [0.15, 0.2) is 10.7 Å². The van der Waals surface area contributed by atoms with E-state index in [0.29, 0.717) is 11.9 Å². The number of likely N-dealkylation sites (tertiary alicyclic amines) is 1. The van der Waals surface area contributed by atoms with Gasteiger partial charge >= 0.3 is 0 Å². The summed E-state index contributed by atoms with van der Waals surface area (Å²) in [7, 11) is 0.